The fourth-order valence-corrected chi connectivity index (χ4v) is 7.40. The number of fused-ring (bicyclic) bond motifs is 1. The standard InChI is InChI=1S/C39H47N7O11S/c1-7-29(48)55-32-22(4)54-38(34(57-31(50)9-3)33(32)56-30(49)8-2)53-21-27(47)24-18-41-39(42-19-24)45(5)20-25-16-26-35(58-25)37(46-12-14-52-15-13-46)44-36(43-26)23-10-11-28(51-6)40-17-23/h10-11,16-19,22,32-34,38H,7-9,12-15,20-21H2,1-6H3/t22-,32+,33+,34-,38+/m0/s1. The third-order valence-electron chi connectivity index (χ3n) is 9.39. The lowest BCUT2D eigenvalue weighted by atomic mass is 9.98. The van der Waals surface area contributed by atoms with E-state index < -0.39 is 61.0 Å². The molecular weight excluding hydrogens is 775 g/mol. The topological polar surface area (TPSA) is 204 Å². The molecule has 2 fully saturated rings. The first-order chi connectivity index (χ1) is 28.0. The fraction of sp³-hybridized carbons (Fsp3) is 0.513. The molecule has 0 unspecified atom stereocenters. The molecule has 0 saturated carbocycles. The molecule has 5 atom stereocenters. The Morgan fingerprint density at radius 1 is 0.879 bits per heavy atom. The Hall–Kier alpha value is -5.37. The molecule has 2 aliphatic rings. The van der Waals surface area contributed by atoms with E-state index in [0.717, 1.165) is 26.5 Å². The highest BCUT2D eigenvalue weighted by atomic mass is 32.1. The Bertz CT molecular complexity index is 2060. The zero-order valence-electron chi connectivity index (χ0n) is 33.2. The van der Waals surface area contributed by atoms with Crippen LogP contribution in [0.3, 0.4) is 0 Å². The molecule has 0 N–H and O–H groups in total. The van der Waals surface area contributed by atoms with E-state index in [2.05, 4.69) is 19.9 Å². The van der Waals surface area contributed by atoms with Crippen molar-refractivity contribution in [2.24, 2.45) is 0 Å². The third-order valence-corrected chi connectivity index (χ3v) is 10.5. The molecule has 0 bridgehead atoms. The Kier molecular flexibility index (Phi) is 14.1. The molecule has 0 radical (unpaired) electrons. The van der Waals surface area contributed by atoms with Gasteiger partial charge in [-0.15, -0.1) is 11.3 Å². The van der Waals surface area contributed by atoms with Crippen molar-refractivity contribution in [2.75, 3.05) is 56.9 Å². The van der Waals surface area contributed by atoms with Crippen molar-refractivity contribution in [2.45, 2.75) is 84.2 Å². The van der Waals surface area contributed by atoms with Gasteiger partial charge in [0.05, 0.1) is 48.8 Å². The average molecular weight is 822 g/mol. The summed E-state index contributed by atoms with van der Waals surface area (Å²) in [5.41, 5.74) is 1.73. The highest BCUT2D eigenvalue weighted by molar-refractivity contribution is 7.19. The van der Waals surface area contributed by atoms with Crippen LogP contribution >= 0.6 is 11.3 Å². The number of carbonyl (C=O) groups is 4. The van der Waals surface area contributed by atoms with E-state index in [1.54, 1.807) is 58.4 Å². The normalized spacial score (nSPS) is 20.7. The largest absolute Gasteiger partial charge is 0.481 e. The molecule has 2 aliphatic heterocycles. The summed E-state index contributed by atoms with van der Waals surface area (Å²) < 4.78 is 40.4. The van der Waals surface area contributed by atoms with E-state index in [1.807, 2.05) is 24.1 Å². The zero-order valence-corrected chi connectivity index (χ0v) is 34.1. The van der Waals surface area contributed by atoms with Crippen LogP contribution in [0.15, 0.2) is 36.8 Å². The summed E-state index contributed by atoms with van der Waals surface area (Å²) in [4.78, 5) is 78.7. The molecule has 0 aromatic carbocycles. The van der Waals surface area contributed by atoms with Crippen molar-refractivity contribution in [1.82, 2.24) is 24.9 Å². The summed E-state index contributed by atoms with van der Waals surface area (Å²) in [6.07, 6.45) is -1.26. The van der Waals surface area contributed by atoms with E-state index in [0.29, 0.717) is 50.5 Å². The lowest BCUT2D eigenvalue weighted by molar-refractivity contribution is -0.299. The van der Waals surface area contributed by atoms with Gasteiger partial charge in [-0.3, -0.25) is 19.2 Å². The number of methoxy groups -OCH3 is 1. The SMILES string of the molecule is CCC(=O)O[C@H]1[C@H](OC(=O)CC)[C@H](OCC(=O)c2cnc(N(C)Cc3cc4nc(-c5ccc(OC)nc5)nc(N5CCOCC5)c4s3)nc2)O[C@@H](C)[C@H]1OC(=O)CC. The van der Waals surface area contributed by atoms with Crippen LogP contribution in [-0.4, -0.2) is 126 Å². The number of rotatable bonds is 16. The lowest BCUT2D eigenvalue weighted by Gasteiger charge is -2.43. The number of thiophene rings is 1. The number of carbonyl (C=O) groups excluding carboxylic acids is 4. The van der Waals surface area contributed by atoms with Crippen LogP contribution in [0.1, 0.15) is 62.2 Å². The third kappa shape index (κ3) is 10.0. The van der Waals surface area contributed by atoms with Gasteiger partial charge in [0.1, 0.15) is 6.61 Å². The molecule has 19 heteroatoms. The molecule has 6 rings (SSSR count). The van der Waals surface area contributed by atoms with Crippen molar-refractivity contribution in [3.05, 3.63) is 47.2 Å². The van der Waals surface area contributed by atoms with Gasteiger partial charge in [-0.2, -0.15) is 0 Å². The van der Waals surface area contributed by atoms with Gasteiger partial charge in [-0.1, -0.05) is 20.8 Å². The number of esters is 3. The van der Waals surface area contributed by atoms with Crippen LogP contribution in [-0.2, 0) is 49.3 Å². The first-order valence-corrected chi connectivity index (χ1v) is 19.9. The van der Waals surface area contributed by atoms with Crippen molar-refractivity contribution in [3.8, 4) is 17.3 Å². The molecule has 0 aliphatic carbocycles. The van der Waals surface area contributed by atoms with Crippen LogP contribution in [0.2, 0.25) is 0 Å². The number of morpholine rings is 1. The number of hydrogen-bond donors (Lipinski definition) is 0. The minimum Gasteiger partial charge on any atom is -0.481 e. The first-order valence-electron chi connectivity index (χ1n) is 19.1. The average Bonchev–Trinajstić information content (AvgIpc) is 3.66. The van der Waals surface area contributed by atoms with Crippen LogP contribution < -0.4 is 14.5 Å². The molecule has 0 spiro atoms. The predicted molar refractivity (Wildman–Crippen MR) is 209 cm³/mol. The van der Waals surface area contributed by atoms with Gasteiger partial charge < -0.3 is 43.0 Å². The molecule has 0 amide bonds. The molecule has 4 aromatic heterocycles. The summed E-state index contributed by atoms with van der Waals surface area (Å²) >= 11 is 1.59. The lowest BCUT2D eigenvalue weighted by Crippen LogP contribution is -2.61. The second-order valence-electron chi connectivity index (χ2n) is 13.5. The molecule has 310 valence electrons. The van der Waals surface area contributed by atoms with E-state index >= 15 is 0 Å². The number of pyridine rings is 1. The summed E-state index contributed by atoms with van der Waals surface area (Å²) in [6, 6.07) is 5.68. The van der Waals surface area contributed by atoms with Gasteiger partial charge in [-0.25, -0.2) is 24.9 Å². The maximum Gasteiger partial charge on any atom is 0.306 e. The summed E-state index contributed by atoms with van der Waals surface area (Å²) in [7, 11) is 3.41. The van der Waals surface area contributed by atoms with E-state index in [1.165, 1.54) is 12.4 Å². The number of aromatic nitrogens is 5. The monoisotopic (exact) mass is 821 g/mol. The fourth-order valence-electron chi connectivity index (χ4n) is 6.24. The van der Waals surface area contributed by atoms with Crippen LogP contribution in [0.4, 0.5) is 11.8 Å². The van der Waals surface area contributed by atoms with Gasteiger partial charge in [0, 0.05) is 74.5 Å². The molecule has 58 heavy (non-hydrogen) atoms. The highest BCUT2D eigenvalue weighted by Gasteiger charge is 2.51. The minimum absolute atomic E-state index is 0.000386. The van der Waals surface area contributed by atoms with Gasteiger partial charge in [0.15, 0.2) is 42.0 Å². The first kappa shape index (κ1) is 42.2. The maximum atomic E-state index is 13.3. The van der Waals surface area contributed by atoms with Crippen molar-refractivity contribution in [3.63, 3.8) is 0 Å². The highest BCUT2D eigenvalue weighted by Crippen LogP contribution is 2.35. The van der Waals surface area contributed by atoms with Gasteiger partial charge in [0.25, 0.3) is 0 Å². The van der Waals surface area contributed by atoms with Gasteiger partial charge in [0.2, 0.25) is 11.8 Å². The molecular formula is C39H47N7O11S. The minimum atomic E-state index is -1.33. The quantitative estimate of drug-likeness (QED) is 0.0892. The maximum absolute atomic E-state index is 13.3. The summed E-state index contributed by atoms with van der Waals surface area (Å²) in [5.74, 6) is -0.0162. The summed E-state index contributed by atoms with van der Waals surface area (Å²) in [6.45, 7) is 8.97. The van der Waals surface area contributed by atoms with E-state index in [4.69, 9.17) is 43.1 Å². The molecule has 6 heterocycles. The number of anilines is 2. The Morgan fingerprint density at radius 3 is 2.16 bits per heavy atom. The van der Waals surface area contributed by atoms with Crippen LogP contribution in [0.5, 0.6) is 5.88 Å². The Labute approximate surface area is 339 Å². The van der Waals surface area contributed by atoms with Gasteiger partial charge in [-0.05, 0) is 19.1 Å². The number of Topliss-reactive ketones (excluding diaryl/α,β-unsaturated/α-hetero) is 1. The van der Waals surface area contributed by atoms with Gasteiger partial charge >= 0.3 is 17.9 Å². The Morgan fingerprint density at radius 2 is 1.53 bits per heavy atom. The van der Waals surface area contributed by atoms with E-state index in [9.17, 15) is 19.2 Å². The van der Waals surface area contributed by atoms with Crippen molar-refractivity contribution < 1.29 is 52.3 Å². The second kappa shape index (κ2) is 19.4. The number of nitrogens with zero attached hydrogens (tertiary/aromatic N) is 7. The molecule has 18 nitrogen and oxygen atoms in total. The van der Waals surface area contributed by atoms with Crippen molar-refractivity contribution in [1.29, 1.82) is 0 Å². The Balaban J connectivity index is 1.15. The zero-order chi connectivity index (χ0) is 41.3. The predicted octanol–water partition coefficient (Wildman–Crippen LogP) is 3.93. The smallest absolute Gasteiger partial charge is 0.306 e. The molecule has 4 aromatic rings. The second-order valence-corrected chi connectivity index (χ2v) is 14.6. The van der Waals surface area contributed by atoms with Crippen LogP contribution in [0, 0.1) is 0 Å². The molecule has 2 saturated heterocycles. The van der Waals surface area contributed by atoms with E-state index in [-0.39, 0.29) is 24.8 Å². The van der Waals surface area contributed by atoms with Crippen LogP contribution in [0.25, 0.3) is 21.6 Å². The van der Waals surface area contributed by atoms with Crippen molar-refractivity contribution >= 4 is 57.0 Å². The number of hydrogen-bond acceptors (Lipinski definition) is 19. The number of ether oxygens (including phenoxy) is 7. The summed E-state index contributed by atoms with van der Waals surface area (Å²) in [5, 5.41) is 0. The number of ketones is 1.